The van der Waals surface area contributed by atoms with Crippen LogP contribution in [-0.2, 0) is 0 Å². The van der Waals surface area contributed by atoms with Crippen LogP contribution in [0.4, 0.5) is 0 Å². The number of carboxylic acid groups (broad SMARTS) is 1. The van der Waals surface area contributed by atoms with Gasteiger partial charge in [0.05, 0.1) is 0 Å². The van der Waals surface area contributed by atoms with Gasteiger partial charge in [-0.1, -0.05) is 39.9 Å². The normalized spacial score (nSPS) is 10.5. The Balaban J connectivity index is 2.19. The average Bonchev–Trinajstić information content (AvgIpc) is 2.89. The second kappa shape index (κ2) is 7.39. The summed E-state index contributed by atoms with van der Waals surface area (Å²) < 4.78 is 5.93. The van der Waals surface area contributed by atoms with E-state index >= 15 is 0 Å². The van der Waals surface area contributed by atoms with E-state index in [1.165, 1.54) is 0 Å². The van der Waals surface area contributed by atoms with Crippen LogP contribution in [0.25, 0.3) is 11.3 Å². The number of aromatic carboxylic acids is 1. The first-order valence-corrected chi connectivity index (χ1v) is 8.21. The fourth-order valence-corrected chi connectivity index (χ4v) is 2.35. The Hall–Kier alpha value is -1.90. The Bertz CT molecular complexity index is 679. The van der Waals surface area contributed by atoms with Gasteiger partial charge in [-0.05, 0) is 25.5 Å². The van der Waals surface area contributed by atoms with Crippen molar-refractivity contribution in [3.05, 3.63) is 41.2 Å². The molecule has 2 aromatic rings. The number of hydrogen-bond donors (Lipinski definition) is 2. The molecule has 0 spiro atoms. The molecule has 1 heterocycles. The van der Waals surface area contributed by atoms with E-state index in [1.807, 2.05) is 0 Å². The molecular formula is C15H15IN2O4. The predicted octanol–water partition coefficient (Wildman–Crippen LogP) is 2.90. The molecule has 116 valence electrons. The molecule has 6 nitrogen and oxygen atoms in total. The summed E-state index contributed by atoms with van der Waals surface area (Å²) in [5.74, 6) is -0.983. The minimum atomic E-state index is -1.09. The van der Waals surface area contributed by atoms with E-state index in [1.54, 1.807) is 31.2 Å². The lowest BCUT2D eigenvalue weighted by atomic mass is 10.0. The number of aryl methyl sites for hydroxylation is 1. The number of carbonyl (C=O) groups is 2. The Morgan fingerprint density at radius 3 is 2.59 bits per heavy atom. The highest BCUT2D eigenvalue weighted by Gasteiger charge is 2.20. The van der Waals surface area contributed by atoms with Crippen molar-refractivity contribution < 1.29 is 19.2 Å². The van der Waals surface area contributed by atoms with Crippen molar-refractivity contribution in [1.82, 2.24) is 10.5 Å². The van der Waals surface area contributed by atoms with Gasteiger partial charge in [0, 0.05) is 22.1 Å². The molecule has 0 bridgehead atoms. The Kier molecular flexibility index (Phi) is 5.53. The highest BCUT2D eigenvalue weighted by Crippen LogP contribution is 2.25. The fraction of sp³-hybridized carbons (Fsp3) is 0.267. The maximum absolute atomic E-state index is 11.9. The minimum absolute atomic E-state index is 0.0410. The number of rotatable bonds is 6. The van der Waals surface area contributed by atoms with Crippen molar-refractivity contribution >= 4 is 34.5 Å². The van der Waals surface area contributed by atoms with Gasteiger partial charge < -0.3 is 14.9 Å². The first-order valence-electron chi connectivity index (χ1n) is 6.68. The van der Waals surface area contributed by atoms with Gasteiger partial charge in [-0.3, -0.25) is 4.79 Å². The molecule has 1 amide bonds. The van der Waals surface area contributed by atoms with E-state index in [-0.39, 0.29) is 22.9 Å². The van der Waals surface area contributed by atoms with Gasteiger partial charge in [0.15, 0.2) is 0 Å². The SMILES string of the molecule is Cc1onc(-c2ccc(C(=O)NCCCI)cc2)c1C(=O)O. The van der Waals surface area contributed by atoms with Crippen molar-refractivity contribution in [2.75, 3.05) is 11.0 Å². The van der Waals surface area contributed by atoms with Crippen LogP contribution >= 0.6 is 22.6 Å². The van der Waals surface area contributed by atoms with Gasteiger partial charge in [-0.15, -0.1) is 0 Å². The summed E-state index contributed by atoms with van der Waals surface area (Å²) in [4.78, 5) is 23.1. The lowest BCUT2D eigenvalue weighted by Crippen LogP contribution is -2.24. The number of carboxylic acids is 1. The van der Waals surface area contributed by atoms with Crippen LogP contribution in [0.3, 0.4) is 0 Å². The van der Waals surface area contributed by atoms with Crippen LogP contribution in [0, 0.1) is 6.92 Å². The van der Waals surface area contributed by atoms with Crippen LogP contribution in [0.1, 0.15) is 32.9 Å². The summed E-state index contributed by atoms with van der Waals surface area (Å²) in [5.41, 5.74) is 1.42. The standard InChI is InChI=1S/C15H15IN2O4/c1-9-12(15(20)21)13(18-22-9)10-3-5-11(6-4-10)14(19)17-8-2-7-16/h3-6H,2,7-8H2,1H3,(H,17,19)(H,20,21). The first-order chi connectivity index (χ1) is 10.5. The van der Waals surface area contributed by atoms with E-state index in [0.29, 0.717) is 17.7 Å². The quantitative estimate of drug-likeness (QED) is 0.431. The molecule has 22 heavy (non-hydrogen) atoms. The van der Waals surface area contributed by atoms with Gasteiger partial charge >= 0.3 is 5.97 Å². The number of nitrogens with zero attached hydrogens (tertiary/aromatic N) is 1. The van der Waals surface area contributed by atoms with Crippen LogP contribution in [0.15, 0.2) is 28.8 Å². The third kappa shape index (κ3) is 3.65. The smallest absolute Gasteiger partial charge is 0.341 e. The largest absolute Gasteiger partial charge is 0.477 e. The molecular weight excluding hydrogens is 399 g/mol. The lowest BCUT2D eigenvalue weighted by molar-refractivity contribution is 0.0695. The molecule has 0 unspecified atom stereocenters. The molecule has 0 aliphatic carbocycles. The fourth-order valence-electron chi connectivity index (χ4n) is 1.97. The minimum Gasteiger partial charge on any atom is -0.477 e. The zero-order chi connectivity index (χ0) is 16.1. The third-order valence-corrected chi connectivity index (χ3v) is 3.86. The summed E-state index contributed by atoms with van der Waals surface area (Å²) in [6.07, 6.45) is 0.921. The number of alkyl halides is 1. The monoisotopic (exact) mass is 414 g/mol. The van der Waals surface area contributed by atoms with Crippen LogP contribution < -0.4 is 5.32 Å². The van der Waals surface area contributed by atoms with Gasteiger partial charge in [0.2, 0.25) is 0 Å². The van der Waals surface area contributed by atoms with Crippen LogP contribution in [-0.4, -0.2) is 33.1 Å². The predicted molar refractivity (Wildman–Crippen MR) is 89.5 cm³/mol. The van der Waals surface area contributed by atoms with E-state index in [9.17, 15) is 14.7 Å². The number of halogens is 1. The number of amides is 1. The Morgan fingerprint density at radius 2 is 2.00 bits per heavy atom. The van der Waals surface area contributed by atoms with Crippen molar-refractivity contribution in [3.63, 3.8) is 0 Å². The van der Waals surface area contributed by atoms with E-state index < -0.39 is 5.97 Å². The van der Waals surface area contributed by atoms with Gasteiger partial charge in [0.1, 0.15) is 17.0 Å². The summed E-state index contributed by atoms with van der Waals surface area (Å²) in [6.45, 7) is 2.18. The zero-order valence-electron chi connectivity index (χ0n) is 11.9. The third-order valence-electron chi connectivity index (χ3n) is 3.09. The summed E-state index contributed by atoms with van der Waals surface area (Å²) >= 11 is 2.25. The molecule has 0 aliphatic heterocycles. The number of hydrogen-bond acceptors (Lipinski definition) is 4. The van der Waals surface area contributed by atoms with Crippen LogP contribution in [0.2, 0.25) is 0 Å². The lowest BCUT2D eigenvalue weighted by Gasteiger charge is -2.05. The average molecular weight is 414 g/mol. The molecule has 7 heteroatoms. The second-order valence-electron chi connectivity index (χ2n) is 4.64. The molecule has 1 aromatic heterocycles. The van der Waals surface area contributed by atoms with E-state index in [0.717, 1.165) is 10.8 Å². The maximum Gasteiger partial charge on any atom is 0.341 e. The van der Waals surface area contributed by atoms with Crippen molar-refractivity contribution in [1.29, 1.82) is 0 Å². The van der Waals surface area contributed by atoms with E-state index in [4.69, 9.17) is 4.52 Å². The molecule has 0 saturated carbocycles. The number of benzene rings is 1. The summed E-state index contributed by atoms with van der Waals surface area (Å²) in [6, 6.07) is 6.61. The molecule has 0 radical (unpaired) electrons. The second-order valence-corrected chi connectivity index (χ2v) is 5.72. The highest BCUT2D eigenvalue weighted by atomic mass is 127. The molecule has 0 atom stereocenters. The van der Waals surface area contributed by atoms with Gasteiger partial charge in [-0.25, -0.2) is 4.79 Å². The number of carbonyl (C=O) groups excluding carboxylic acids is 1. The van der Waals surface area contributed by atoms with Crippen molar-refractivity contribution in [2.45, 2.75) is 13.3 Å². The molecule has 0 fully saturated rings. The first kappa shape index (κ1) is 16.5. The molecule has 2 rings (SSSR count). The molecule has 0 saturated heterocycles. The molecule has 2 N–H and O–H groups in total. The zero-order valence-corrected chi connectivity index (χ0v) is 14.1. The maximum atomic E-state index is 11.9. The summed E-state index contributed by atoms with van der Waals surface area (Å²) in [7, 11) is 0. The topological polar surface area (TPSA) is 92.4 Å². The highest BCUT2D eigenvalue weighted by molar-refractivity contribution is 14.1. The molecule has 1 aromatic carbocycles. The Morgan fingerprint density at radius 1 is 1.32 bits per heavy atom. The van der Waals surface area contributed by atoms with Crippen LogP contribution in [0.5, 0.6) is 0 Å². The van der Waals surface area contributed by atoms with Crippen molar-refractivity contribution in [3.8, 4) is 11.3 Å². The molecule has 0 aliphatic rings. The van der Waals surface area contributed by atoms with Gasteiger partial charge in [-0.2, -0.15) is 0 Å². The van der Waals surface area contributed by atoms with Gasteiger partial charge in [0.25, 0.3) is 5.91 Å². The van der Waals surface area contributed by atoms with E-state index in [2.05, 4.69) is 33.1 Å². The Labute approximate surface area is 141 Å². The number of aromatic nitrogens is 1. The summed E-state index contributed by atoms with van der Waals surface area (Å²) in [5, 5.41) is 15.8. The van der Waals surface area contributed by atoms with Crippen molar-refractivity contribution in [2.24, 2.45) is 0 Å². The number of nitrogens with one attached hydrogen (secondary N) is 1.